The van der Waals surface area contributed by atoms with E-state index in [1.165, 1.54) is 0 Å². The Morgan fingerprint density at radius 1 is 0.654 bits per heavy atom. The number of hydrogen-bond donors (Lipinski definition) is 2. The molecule has 1 heterocycles. The predicted octanol–water partition coefficient (Wildman–Crippen LogP) is 10.4. The molecule has 0 radical (unpaired) electrons. The molecule has 9 atom stereocenters. The number of Topliss-reactive ketones (excluding diaryl/α,β-unsaturated/α-hetero) is 1. The summed E-state index contributed by atoms with van der Waals surface area (Å²) < 4.78 is 38.0. The van der Waals surface area contributed by atoms with Gasteiger partial charge in [0.25, 0.3) is 0 Å². The maximum atomic E-state index is 14.7. The number of aliphatic hydroxyl groups is 2. The van der Waals surface area contributed by atoms with Crippen molar-refractivity contribution in [3.8, 4) is 0 Å². The van der Waals surface area contributed by atoms with E-state index < -0.39 is 44.5 Å². The molecule has 0 aromatic heterocycles. The highest BCUT2D eigenvalue weighted by molar-refractivity contribution is 7.48. The number of ether oxygens (including phenoxy) is 1. The lowest BCUT2D eigenvalue weighted by Gasteiger charge is -2.33. The van der Waals surface area contributed by atoms with E-state index >= 15 is 0 Å². The third-order valence-electron chi connectivity index (χ3n) is 10.1. The molecule has 1 saturated heterocycles. The normalized spacial score (nSPS) is 23.0. The summed E-state index contributed by atoms with van der Waals surface area (Å²) in [5, 5.41) is 19.6. The summed E-state index contributed by atoms with van der Waals surface area (Å²) in [5.41, 5.74) is 0.535. The number of esters is 1. The topological polar surface area (TPSA) is 129 Å². The number of phosphoric acid groups is 1. The van der Waals surface area contributed by atoms with Crippen LogP contribution in [0.15, 0.2) is 0 Å². The SMILES string of the molecule is CC(CCC(COP(=O)(OCC(CCC(C)CC(C)(C)C)C(C)CC(C)(C)C)OC1C(=O)O[C@H](C(O)CO)C1=O)C(C)CC(C)(C)C)CC(C)(C)C. The van der Waals surface area contributed by atoms with Crippen LogP contribution in [0.2, 0.25) is 0 Å². The highest BCUT2D eigenvalue weighted by atomic mass is 31.2. The van der Waals surface area contributed by atoms with Crippen molar-refractivity contribution in [2.24, 2.45) is 57.2 Å². The Hall–Kier alpha value is -0.830. The van der Waals surface area contributed by atoms with Crippen molar-refractivity contribution in [2.45, 2.75) is 180 Å². The van der Waals surface area contributed by atoms with Gasteiger partial charge in [-0.2, -0.15) is 0 Å². The van der Waals surface area contributed by atoms with Crippen LogP contribution in [0.1, 0.15) is 162 Å². The minimum atomic E-state index is -4.53. The van der Waals surface area contributed by atoms with E-state index in [1.54, 1.807) is 0 Å². The highest BCUT2D eigenvalue weighted by Gasteiger charge is 2.51. The Labute approximate surface area is 319 Å². The van der Waals surface area contributed by atoms with Crippen molar-refractivity contribution in [3.05, 3.63) is 0 Å². The Kier molecular flexibility index (Phi) is 19.3. The Bertz CT molecular complexity index is 1070. The lowest BCUT2D eigenvalue weighted by molar-refractivity contribution is -0.151. The van der Waals surface area contributed by atoms with Crippen LogP contribution in [0.25, 0.3) is 0 Å². The van der Waals surface area contributed by atoms with E-state index in [4.69, 9.17) is 18.3 Å². The fourth-order valence-electron chi connectivity index (χ4n) is 8.19. The summed E-state index contributed by atoms with van der Waals surface area (Å²) in [5.74, 6) is -0.552. The average Bonchev–Trinajstić information content (AvgIpc) is 3.21. The summed E-state index contributed by atoms with van der Waals surface area (Å²) in [6.07, 6.45) is 2.50. The number of ketones is 1. The molecule has 2 N–H and O–H groups in total. The van der Waals surface area contributed by atoms with Gasteiger partial charge in [-0.25, -0.2) is 9.36 Å². The molecule has 1 aliphatic rings. The van der Waals surface area contributed by atoms with Crippen LogP contribution in [0, 0.1) is 57.2 Å². The molecule has 0 spiro atoms. The third-order valence-corrected chi connectivity index (χ3v) is 11.5. The van der Waals surface area contributed by atoms with Crippen molar-refractivity contribution < 1.29 is 42.7 Å². The number of cyclic esters (lactones) is 1. The van der Waals surface area contributed by atoms with Crippen molar-refractivity contribution in [3.63, 3.8) is 0 Å². The average molecular weight is 761 g/mol. The standard InChI is InChI=1S/C42H81O9P/c1-28(21-39(5,6)7)17-19-32(30(3)23-41(11,12)13)26-48-52(47,51-37-35(45)36(34(44)25-43)50-38(37)46)49-27-33(31(4)24-42(14,15)16)20-18-29(2)22-40(8,9)10/h28-34,36-37,43-44H,17-27H2,1-16H3/t28?,29?,30?,31?,32?,33?,34?,36-,37?,52?/m1/s1. The molecule has 0 aliphatic carbocycles. The van der Waals surface area contributed by atoms with Crippen LogP contribution in [0.5, 0.6) is 0 Å². The number of aliphatic hydroxyl groups excluding tert-OH is 2. The Morgan fingerprint density at radius 2 is 1.02 bits per heavy atom. The smallest absolute Gasteiger partial charge is 0.449 e. The Balaban J connectivity index is 3.45. The number of hydrogen-bond acceptors (Lipinski definition) is 9. The van der Waals surface area contributed by atoms with Gasteiger partial charge in [-0.05, 0) is 95.7 Å². The first-order valence-electron chi connectivity index (χ1n) is 20.0. The van der Waals surface area contributed by atoms with E-state index in [0.717, 1.165) is 51.4 Å². The minimum Gasteiger partial charge on any atom is -0.449 e. The third kappa shape index (κ3) is 19.7. The first kappa shape index (κ1) is 49.2. The van der Waals surface area contributed by atoms with Gasteiger partial charge in [0.1, 0.15) is 6.10 Å². The molecule has 1 aliphatic heterocycles. The number of carbonyl (C=O) groups excluding carboxylic acids is 2. The molecule has 0 amide bonds. The molecule has 8 unspecified atom stereocenters. The molecule has 0 bridgehead atoms. The summed E-state index contributed by atoms with van der Waals surface area (Å²) in [4.78, 5) is 26.1. The van der Waals surface area contributed by atoms with Crippen LogP contribution in [0.3, 0.4) is 0 Å². The van der Waals surface area contributed by atoms with Gasteiger partial charge < -0.3 is 14.9 Å². The highest BCUT2D eigenvalue weighted by Crippen LogP contribution is 2.53. The number of carbonyl (C=O) groups is 2. The largest absolute Gasteiger partial charge is 0.476 e. The zero-order valence-electron chi connectivity index (χ0n) is 36.2. The fraction of sp³-hybridized carbons (Fsp3) is 0.952. The van der Waals surface area contributed by atoms with Gasteiger partial charge in [0.2, 0.25) is 11.9 Å². The second-order valence-electron chi connectivity index (χ2n) is 21.4. The maximum Gasteiger partial charge on any atom is 0.476 e. The second-order valence-corrected chi connectivity index (χ2v) is 23.1. The molecule has 52 heavy (non-hydrogen) atoms. The van der Waals surface area contributed by atoms with Crippen LogP contribution < -0.4 is 0 Å². The lowest BCUT2D eigenvalue weighted by atomic mass is 9.76. The van der Waals surface area contributed by atoms with E-state index in [-0.39, 0.29) is 58.5 Å². The zero-order chi connectivity index (χ0) is 40.5. The van der Waals surface area contributed by atoms with E-state index in [9.17, 15) is 24.4 Å². The van der Waals surface area contributed by atoms with Crippen molar-refractivity contribution in [1.29, 1.82) is 0 Å². The van der Waals surface area contributed by atoms with E-state index in [1.807, 2.05) is 0 Å². The van der Waals surface area contributed by atoms with Crippen LogP contribution in [-0.2, 0) is 32.5 Å². The summed E-state index contributed by atoms with van der Waals surface area (Å²) in [7, 11) is -4.53. The molecule has 9 nitrogen and oxygen atoms in total. The zero-order valence-corrected chi connectivity index (χ0v) is 37.1. The lowest BCUT2D eigenvalue weighted by Crippen LogP contribution is -2.37. The van der Waals surface area contributed by atoms with Gasteiger partial charge in [0, 0.05) is 0 Å². The van der Waals surface area contributed by atoms with E-state index in [0.29, 0.717) is 11.8 Å². The molecule has 1 fully saturated rings. The van der Waals surface area contributed by atoms with Crippen LogP contribution in [-0.4, -0.2) is 60.1 Å². The predicted molar refractivity (Wildman–Crippen MR) is 211 cm³/mol. The molecule has 10 heteroatoms. The Morgan fingerprint density at radius 3 is 1.35 bits per heavy atom. The maximum absolute atomic E-state index is 14.7. The van der Waals surface area contributed by atoms with Gasteiger partial charge in [0.15, 0.2) is 6.10 Å². The monoisotopic (exact) mass is 761 g/mol. The van der Waals surface area contributed by atoms with Crippen molar-refractivity contribution in [1.82, 2.24) is 0 Å². The number of rotatable bonds is 22. The minimum absolute atomic E-state index is 0.0196. The molecule has 1 rings (SSSR count). The second kappa shape index (κ2) is 20.4. The molecule has 0 saturated carbocycles. The van der Waals surface area contributed by atoms with Gasteiger partial charge in [-0.3, -0.25) is 18.4 Å². The summed E-state index contributed by atoms with van der Waals surface area (Å²) in [6, 6.07) is 0. The van der Waals surface area contributed by atoms with Gasteiger partial charge in [0.05, 0.1) is 19.8 Å². The number of phosphoric ester groups is 1. The van der Waals surface area contributed by atoms with Crippen molar-refractivity contribution in [2.75, 3.05) is 19.8 Å². The first-order chi connectivity index (χ1) is 23.4. The van der Waals surface area contributed by atoms with Crippen molar-refractivity contribution >= 4 is 19.6 Å². The molecular formula is C42H81O9P. The van der Waals surface area contributed by atoms with Gasteiger partial charge >= 0.3 is 13.8 Å². The van der Waals surface area contributed by atoms with Crippen LogP contribution >= 0.6 is 7.82 Å². The quantitative estimate of drug-likeness (QED) is 0.0629. The molecular weight excluding hydrogens is 679 g/mol. The summed E-state index contributed by atoms with van der Waals surface area (Å²) >= 11 is 0. The van der Waals surface area contributed by atoms with Gasteiger partial charge in [-0.15, -0.1) is 0 Å². The summed E-state index contributed by atoms with van der Waals surface area (Å²) in [6.45, 7) is 35.0. The molecule has 308 valence electrons. The first-order valence-corrected chi connectivity index (χ1v) is 21.5. The van der Waals surface area contributed by atoms with Crippen LogP contribution in [0.4, 0.5) is 0 Å². The fourth-order valence-corrected chi connectivity index (χ4v) is 9.58. The van der Waals surface area contributed by atoms with Gasteiger partial charge in [-0.1, -0.05) is 124 Å². The molecule has 0 aromatic rings. The molecule has 0 aromatic carbocycles. The van der Waals surface area contributed by atoms with E-state index in [2.05, 4.69) is 111 Å².